The maximum atomic E-state index is 13.0. The lowest BCUT2D eigenvalue weighted by molar-refractivity contribution is -0.126. The summed E-state index contributed by atoms with van der Waals surface area (Å²) in [6, 6.07) is 6.80. The van der Waals surface area contributed by atoms with E-state index in [-0.39, 0.29) is 23.5 Å². The maximum Gasteiger partial charge on any atom is 0.324 e. The van der Waals surface area contributed by atoms with Gasteiger partial charge in [0.2, 0.25) is 5.91 Å². The van der Waals surface area contributed by atoms with E-state index in [4.69, 9.17) is 0 Å². The number of para-hydroxylation sites is 1. The van der Waals surface area contributed by atoms with E-state index in [9.17, 15) is 14.4 Å². The second kappa shape index (κ2) is 7.49. The van der Waals surface area contributed by atoms with Crippen molar-refractivity contribution in [1.82, 2.24) is 19.8 Å². The molecule has 8 heteroatoms. The highest BCUT2D eigenvalue weighted by Gasteiger charge is 2.31. The van der Waals surface area contributed by atoms with E-state index < -0.39 is 5.25 Å². The van der Waals surface area contributed by atoms with Crippen molar-refractivity contribution in [3.05, 3.63) is 34.6 Å². The summed E-state index contributed by atoms with van der Waals surface area (Å²) in [5.74, 6) is -0.275. The third kappa shape index (κ3) is 3.33. The third-order valence-corrected chi connectivity index (χ3v) is 5.61. The molecule has 7 nitrogen and oxygen atoms in total. The van der Waals surface area contributed by atoms with Crippen LogP contribution in [-0.4, -0.2) is 44.7 Å². The van der Waals surface area contributed by atoms with Crippen LogP contribution in [0.3, 0.4) is 0 Å². The van der Waals surface area contributed by atoms with Crippen molar-refractivity contribution < 1.29 is 9.59 Å². The molecule has 1 aliphatic heterocycles. The minimum absolute atomic E-state index is 0.0421. The highest BCUT2D eigenvalue weighted by atomic mass is 32.2. The van der Waals surface area contributed by atoms with E-state index in [1.54, 1.807) is 23.6 Å². The van der Waals surface area contributed by atoms with Gasteiger partial charge in [-0.25, -0.2) is 9.78 Å². The quantitative estimate of drug-likeness (QED) is 0.642. The Morgan fingerprint density at radius 3 is 2.69 bits per heavy atom. The highest BCUT2D eigenvalue weighted by Crippen LogP contribution is 2.27. The van der Waals surface area contributed by atoms with Crippen LogP contribution in [0.15, 0.2) is 34.2 Å². The molecule has 1 aromatic heterocycles. The smallest absolute Gasteiger partial charge is 0.324 e. The second-order valence-electron chi connectivity index (χ2n) is 6.33. The zero-order valence-corrected chi connectivity index (χ0v) is 15.9. The first-order valence-electron chi connectivity index (χ1n) is 8.71. The Kier molecular flexibility index (Phi) is 5.31. The Morgan fingerprint density at radius 1 is 1.31 bits per heavy atom. The predicted molar refractivity (Wildman–Crippen MR) is 101 cm³/mol. The van der Waals surface area contributed by atoms with E-state index in [1.165, 1.54) is 16.7 Å². The van der Waals surface area contributed by atoms with Crippen molar-refractivity contribution in [2.45, 2.75) is 43.6 Å². The topological polar surface area (TPSA) is 84.3 Å². The zero-order chi connectivity index (χ0) is 18.8. The van der Waals surface area contributed by atoms with Gasteiger partial charge in [-0.05, 0) is 32.4 Å². The molecule has 0 saturated carbocycles. The molecule has 26 heavy (non-hydrogen) atoms. The van der Waals surface area contributed by atoms with Gasteiger partial charge in [0.1, 0.15) is 0 Å². The number of urea groups is 1. The molecule has 138 valence electrons. The van der Waals surface area contributed by atoms with E-state index in [2.05, 4.69) is 10.3 Å². The van der Waals surface area contributed by atoms with Gasteiger partial charge in [0.25, 0.3) is 5.56 Å². The molecule has 1 N–H and O–H groups in total. The van der Waals surface area contributed by atoms with Gasteiger partial charge < -0.3 is 5.32 Å². The second-order valence-corrected chi connectivity index (χ2v) is 7.63. The molecule has 0 spiro atoms. The summed E-state index contributed by atoms with van der Waals surface area (Å²) >= 11 is 1.22. The molecule has 0 bridgehead atoms. The summed E-state index contributed by atoms with van der Waals surface area (Å²) in [6.45, 7) is 6.53. The lowest BCUT2D eigenvalue weighted by Gasteiger charge is -2.21. The van der Waals surface area contributed by atoms with E-state index in [1.807, 2.05) is 26.0 Å². The molecule has 2 atom stereocenters. The Morgan fingerprint density at radius 2 is 2.04 bits per heavy atom. The summed E-state index contributed by atoms with van der Waals surface area (Å²) in [4.78, 5) is 43.1. The van der Waals surface area contributed by atoms with E-state index in [0.29, 0.717) is 29.1 Å². The lowest BCUT2D eigenvalue weighted by atomic mass is 10.2. The predicted octanol–water partition coefficient (Wildman–Crippen LogP) is 2.40. The normalized spacial score (nSPS) is 16.6. The maximum absolute atomic E-state index is 13.0. The van der Waals surface area contributed by atoms with Crippen LogP contribution < -0.4 is 10.9 Å². The van der Waals surface area contributed by atoms with Gasteiger partial charge in [-0.1, -0.05) is 30.8 Å². The third-order valence-electron chi connectivity index (χ3n) is 4.56. The van der Waals surface area contributed by atoms with Crippen molar-refractivity contribution in [3.8, 4) is 0 Å². The number of thioether (sulfide) groups is 1. The molecule has 1 aromatic carbocycles. The molecule has 3 amide bonds. The van der Waals surface area contributed by atoms with Crippen LogP contribution in [0.2, 0.25) is 0 Å². The first-order chi connectivity index (χ1) is 12.4. The van der Waals surface area contributed by atoms with E-state index >= 15 is 0 Å². The SMILES string of the molecule is CC[C@@H](C)n1c(S[C@H](C)C(=O)N2CCNC2=O)nc2ccccc2c1=O. The van der Waals surface area contributed by atoms with Crippen LogP contribution in [-0.2, 0) is 4.79 Å². The molecule has 1 fully saturated rings. The van der Waals surface area contributed by atoms with Crippen LogP contribution in [0.25, 0.3) is 10.9 Å². The molecule has 3 rings (SSSR count). The number of amides is 3. The van der Waals surface area contributed by atoms with Crippen molar-refractivity contribution in [2.24, 2.45) is 0 Å². The molecule has 1 aliphatic rings. The first kappa shape index (κ1) is 18.4. The molecule has 2 aromatic rings. The van der Waals surface area contributed by atoms with Crippen molar-refractivity contribution >= 4 is 34.6 Å². The van der Waals surface area contributed by atoms with Crippen molar-refractivity contribution in [2.75, 3.05) is 13.1 Å². The summed E-state index contributed by atoms with van der Waals surface area (Å²) in [5.41, 5.74) is 0.504. The van der Waals surface area contributed by atoms with Gasteiger partial charge in [-0.3, -0.25) is 19.1 Å². The minimum atomic E-state index is -0.526. The average molecular weight is 374 g/mol. The largest absolute Gasteiger partial charge is 0.336 e. The fourth-order valence-electron chi connectivity index (χ4n) is 2.89. The molecular weight excluding hydrogens is 352 g/mol. The van der Waals surface area contributed by atoms with Crippen LogP contribution in [0.4, 0.5) is 4.79 Å². The number of nitrogens with one attached hydrogen (secondary N) is 1. The summed E-state index contributed by atoms with van der Waals surface area (Å²) in [7, 11) is 0. The van der Waals surface area contributed by atoms with Crippen molar-refractivity contribution in [1.29, 1.82) is 0 Å². The van der Waals surface area contributed by atoms with Crippen molar-refractivity contribution in [3.63, 3.8) is 0 Å². The summed E-state index contributed by atoms with van der Waals surface area (Å²) < 4.78 is 1.65. The highest BCUT2D eigenvalue weighted by molar-refractivity contribution is 8.00. The number of nitrogens with zero attached hydrogens (tertiary/aromatic N) is 3. The number of hydrogen-bond acceptors (Lipinski definition) is 5. The fraction of sp³-hybridized carbons (Fsp3) is 0.444. The average Bonchev–Trinajstić information content (AvgIpc) is 3.06. The molecule has 0 aliphatic carbocycles. The lowest BCUT2D eigenvalue weighted by Crippen LogP contribution is -2.39. The number of benzene rings is 1. The van der Waals surface area contributed by atoms with Gasteiger partial charge in [-0.2, -0.15) is 0 Å². The number of rotatable bonds is 5. The van der Waals surface area contributed by atoms with Crippen LogP contribution in [0.5, 0.6) is 0 Å². The Hall–Kier alpha value is -2.35. The number of aromatic nitrogens is 2. The van der Waals surface area contributed by atoms with Crippen LogP contribution in [0, 0.1) is 0 Å². The van der Waals surface area contributed by atoms with Gasteiger partial charge in [-0.15, -0.1) is 0 Å². The number of carbonyl (C=O) groups is 2. The summed E-state index contributed by atoms with van der Waals surface area (Å²) in [6.07, 6.45) is 0.768. The van der Waals surface area contributed by atoms with Gasteiger partial charge in [0.05, 0.1) is 16.2 Å². The molecular formula is C18H22N4O3S. The monoisotopic (exact) mass is 374 g/mol. The van der Waals surface area contributed by atoms with Crippen LogP contribution >= 0.6 is 11.8 Å². The number of hydrogen-bond donors (Lipinski definition) is 1. The molecule has 1 saturated heterocycles. The Bertz CT molecular complexity index is 911. The van der Waals surface area contributed by atoms with Gasteiger partial charge in [0, 0.05) is 19.1 Å². The molecule has 0 radical (unpaired) electrons. The first-order valence-corrected chi connectivity index (χ1v) is 9.59. The van der Waals surface area contributed by atoms with Gasteiger partial charge >= 0.3 is 6.03 Å². The molecule has 2 heterocycles. The summed E-state index contributed by atoms with van der Waals surface area (Å²) in [5, 5.41) is 3.17. The van der Waals surface area contributed by atoms with Crippen LogP contribution in [0.1, 0.15) is 33.2 Å². The zero-order valence-electron chi connectivity index (χ0n) is 15.1. The minimum Gasteiger partial charge on any atom is -0.336 e. The number of imide groups is 1. The Labute approximate surface area is 155 Å². The van der Waals surface area contributed by atoms with Gasteiger partial charge in [0.15, 0.2) is 5.16 Å². The molecule has 0 unspecified atom stereocenters. The van der Waals surface area contributed by atoms with E-state index in [0.717, 1.165) is 6.42 Å². The fourth-order valence-corrected chi connectivity index (χ4v) is 3.96. The number of carbonyl (C=O) groups excluding carboxylic acids is 2. The standard InChI is InChI=1S/C18H22N4O3S/c1-4-11(2)22-16(24)13-7-5-6-8-14(13)20-18(22)26-12(3)15(23)21-10-9-19-17(21)25/h5-8,11-12H,4,9-10H2,1-3H3,(H,19,25)/t11-,12-/m1/s1. The Balaban J connectivity index is 1.99. The number of fused-ring (bicyclic) bond motifs is 1.